The molecule has 0 aromatic heterocycles. The van der Waals surface area contributed by atoms with Gasteiger partial charge in [-0.1, -0.05) is 33.1 Å². The Morgan fingerprint density at radius 3 is 2.43 bits per heavy atom. The summed E-state index contributed by atoms with van der Waals surface area (Å²) in [6.45, 7) is 5.60. The third kappa shape index (κ3) is 6.36. The van der Waals surface area contributed by atoms with Crippen LogP contribution < -0.4 is 4.90 Å². The van der Waals surface area contributed by atoms with Gasteiger partial charge in [-0.15, -0.1) is 29.8 Å². The van der Waals surface area contributed by atoms with Crippen molar-refractivity contribution in [1.29, 1.82) is 0 Å². The molecule has 0 heterocycles. The number of rotatable bonds is 6. The van der Waals surface area contributed by atoms with Gasteiger partial charge in [0, 0.05) is 52.3 Å². The second-order valence-corrected chi connectivity index (χ2v) is 7.46. The molecule has 1 saturated carbocycles. The molecule has 128 valence electrons. The summed E-state index contributed by atoms with van der Waals surface area (Å²) in [5.74, 6) is -0.193. The maximum Gasteiger partial charge on any atom is 0.0361 e. The Labute approximate surface area is 158 Å². The van der Waals surface area contributed by atoms with E-state index < -0.39 is 11.6 Å². The predicted molar refractivity (Wildman–Crippen MR) is 88.5 cm³/mol. The average molecular weight is 377 g/mol. The quantitative estimate of drug-likeness (QED) is 0.364. The Hall–Kier alpha value is -0.116. The molecule has 2 rings (SSSR count). The van der Waals surface area contributed by atoms with E-state index in [1.807, 2.05) is 4.90 Å². The molecule has 0 unspecified atom stereocenters. The van der Waals surface area contributed by atoms with Crippen molar-refractivity contribution >= 4 is 17.3 Å². The van der Waals surface area contributed by atoms with Gasteiger partial charge in [0.1, 0.15) is 0 Å². The largest absolute Gasteiger partial charge is 0.420 e. The van der Waals surface area contributed by atoms with E-state index in [-0.39, 0.29) is 27.1 Å². The molecule has 5 heteroatoms. The molecule has 1 aromatic carbocycles. The number of benzene rings is 1. The molecule has 1 aromatic rings. The Morgan fingerprint density at radius 2 is 1.87 bits per heavy atom. The van der Waals surface area contributed by atoms with Gasteiger partial charge in [-0.2, -0.15) is 0 Å². The van der Waals surface area contributed by atoms with Gasteiger partial charge in [0.25, 0.3) is 0 Å². The molecule has 0 saturated heterocycles. The van der Waals surface area contributed by atoms with Crippen LogP contribution in [0.4, 0.5) is 14.5 Å². The summed E-state index contributed by atoms with van der Waals surface area (Å²) < 4.78 is 27.3. The summed E-state index contributed by atoms with van der Waals surface area (Å²) in [5, 5.41) is 0. The fourth-order valence-corrected chi connectivity index (χ4v) is 3.25. The topological polar surface area (TPSA) is 3.24 Å². The zero-order valence-electron chi connectivity index (χ0n) is 14.0. The summed E-state index contributed by atoms with van der Waals surface area (Å²) in [6.07, 6.45) is 6.15. The van der Waals surface area contributed by atoms with Crippen molar-refractivity contribution < 1.29 is 30.5 Å². The maximum absolute atomic E-state index is 14.2. The van der Waals surface area contributed by atoms with Gasteiger partial charge in [-0.25, -0.2) is 8.78 Å². The van der Waals surface area contributed by atoms with E-state index in [1.54, 1.807) is 0 Å². The zero-order valence-corrected chi connectivity index (χ0v) is 16.3. The van der Waals surface area contributed by atoms with Gasteiger partial charge in [-0.05, 0) is 29.9 Å². The first-order valence-corrected chi connectivity index (χ1v) is 8.63. The third-order valence-corrected chi connectivity index (χ3v) is 5.09. The second kappa shape index (κ2) is 9.39. The van der Waals surface area contributed by atoms with E-state index in [9.17, 15) is 8.78 Å². The van der Waals surface area contributed by atoms with Crippen LogP contribution in [-0.4, -0.2) is 19.0 Å². The predicted octanol–water partition coefficient (Wildman–Crippen LogP) is 5.41. The standard InChI is InChI=1S/C18H25ClF2N.Ti/c1-18(2,12-19)13-22(11-14-6-4-3-5-7-14)17-9-8-15(20)10-16(17)21;/h8-9,14H,3-7,11-13H2,1-2H3;/q-1;. The van der Waals surface area contributed by atoms with Crippen LogP contribution in [0, 0.1) is 29.0 Å². The van der Waals surface area contributed by atoms with Crippen LogP contribution in [0.5, 0.6) is 0 Å². The van der Waals surface area contributed by atoms with E-state index >= 15 is 0 Å². The summed E-state index contributed by atoms with van der Waals surface area (Å²) in [5.41, 5.74) is 0.307. The van der Waals surface area contributed by atoms with E-state index in [1.165, 1.54) is 44.2 Å². The smallest absolute Gasteiger partial charge is 0.0361 e. The van der Waals surface area contributed by atoms with Gasteiger partial charge >= 0.3 is 0 Å². The summed E-state index contributed by atoms with van der Waals surface area (Å²) in [4.78, 5) is 2.03. The SMILES string of the molecule is CC(C)(CCl)CN(CC1CCCCC1)c1ccc(F)[c-]c1F.[Ti]. The van der Waals surface area contributed by atoms with Crippen molar-refractivity contribution in [2.45, 2.75) is 46.0 Å². The number of hydrogen-bond donors (Lipinski definition) is 0. The molecule has 0 N–H and O–H groups in total. The first-order chi connectivity index (χ1) is 10.4. The van der Waals surface area contributed by atoms with Crippen LogP contribution in [0.25, 0.3) is 0 Å². The summed E-state index contributed by atoms with van der Waals surface area (Å²) in [7, 11) is 0. The van der Waals surface area contributed by atoms with Crippen LogP contribution in [0.1, 0.15) is 46.0 Å². The minimum atomic E-state index is -0.657. The van der Waals surface area contributed by atoms with Crippen LogP contribution in [0.15, 0.2) is 12.1 Å². The minimum Gasteiger partial charge on any atom is -0.420 e. The molecule has 1 nitrogen and oxygen atoms in total. The normalized spacial score (nSPS) is 16.0. The molecule has 23 heavy (non-hydrogen) atoms. The second-order valence-electron chi connectivity index (χ2n) is 7.19. The zero-order chi connectivity index (χ0) is 16.2. The van der Waals surface area contributed by atoms with Crippen molar-refractivity contribution in [3.63, 3.8) is 0 Å². The molecule has 1 aliphatic rings. The molecule has 0 amide bonds. The number of hydrogen-bond acceptors (Lipinski definition) is 1. The van der Waals surface area contributed by atoms with Crippen molar-refractivity contribution in [3.05, 3.63) is 29.8 Å². The summed E-state index contributed by atoms with van der Waals surface area (Å²) in [6, 6.07) is 4.95. The van der Waals surface area contributed by atoms with Crippen molar-refractivity contribution in [2.24, 2.45) is 11.3 Å². The van der Waals surface area contributed by atoms with Crippen molar-refractivity contribution in [3.8, 4) is 0 Å². The monoisotopic (exact) mass is 376 g/mol. The minimum absolute atomic E-state index is 0. The Kier molecular flexibility index (Phi) is 8.54. The maximum atomic E-state index is 14.2. The van der Waals surface area contributed by atoms with Gasteiger partial charge in [-0.3, -0.25) is 0 Å². The molecule has 0 spiro atoms. The fourth-order valence-electron chi connectivity index (χ4n) is 3.17. The number of halogens is 3. The molecule has 0 atom stereocenters. The average Bonchev–Trinajstić information content (AvgIpc) is 2.47. The number of nitrogens with zero attached hydrogens (tertiary/aromatic N) is 1. The summed E-state index contributed by atoms with van der Waals surface area (Å²) >= 11 is 6.04. The van der Waals surface area contributed by atoms with Crippen LogP contribution in [0.3, 0.4) is 0 Å². The van der Waals surface area contributed by atoms with Crippen molar-refractivity contribution in [2.75, 3.05) is 23.9 Å². The third-order valence-electron chi connectivity index (χ3n) is 4.37. The van der Waals surface area contributed by atoms with E-state index in [4.69, 9.17) is 11.6 Å². The first-order valence-electron chi connectivity index (χ1n) is 8.09. The molecular weight excluding hydrogens is 352 g/mol. The van der Waals surface area contributed by atoms with Crippen molar-refractivity contribution in [1.82, 2.24) is 0 Å². The van der Waals surface area contributed by atoms with Gasteiger partial charge < -0.3 is 4.90 Å². The molecule has 1 aliphatic carbocycles. The molecular formula is C18H25ClF2NTi-. The number of alkyl halides is 1. The van der Waals surface area contributed by atoms with Crippen LogP contribution >= 0.6 is 11.6 Å². The Morgan fingerprint density at radius 1 is 1.22 bits per heavy atom. The van der Waals surface area contributed by atoms with Crippen LogP contribution in [0.2, 0.25) is 0 Å². The fraction of sp³-hybridized carbons (Fsp3) is 0.667. The number of anilines is 1. The van der Waals surface area contributed by atoms with E-state index in [0.29, 0.717) is 24.0 Å². The molecule has 0 bridgehead atoms. The Balaban J connectivity index is 0.00000264. The molecule has 0 radical (unpaired) electrons. The van der Waals surface area contributed by atoms with Gasteiger partial charge in [0.2, 0.25) is 0 Å². The van der Waals surface area contributed by atoms with Crippen LogP contribution in [-0.2, 0) is 21.7 Å². The van der Waals surface area contributed by atoms with Gasteiger partial charge in [0.15, 0.2) is 0 Å². The van der Waals surface area contributed by atoms with E-state index in [2.05, 4.69) is 19.9 Å². The molecule has 0 aliphatic heterocycles. The van der Waals surface area contributed by atoms with Gasteiger partial charge in [0.05, 0.1) is 0 Å². The van der Waals surface area contributed by atoms with E-state index in [0.717, 1.165) is 6.54 Å². The Bertz CT molecular complexity index is 490. The molecule has 1 fully saturated rings. The first kappa shape index (κ1) is 20.9.